The molecule has 0 unspecified atom stereocenters. The van der Waals surface area contributed by atoms with Gasteiger partial charge in [-0.3, -0.25) is 0 Å². The first-order valence-electron chi connectivity index (χ1n) is 5.59. The molecule has 1 heterocycles. The molecule has 0 spiro atoms. The van der Waals surface area contributed by atoms with Crippen LogP contribution in [0, 0.1) is 12.8 Å². The molecule has 0 saturated heterocycles. The minimum atomic E-state index is 0.348. The molecule has 2 rings (SSSR count). The van der Waals surface area contributed by atoms with Gasteiger partial charge in [-0.05, 0) is 19.3 Å². The summed E-state index contributed by atoms with van der Waals surface area (Å²) in [6.45, 7) is 2.91. The second-order valence-electron chi connectivity index (χ2n) is 4.27. The number of aromatic nitrogens is 2. The number of anilines is 2. The van der Waals surface area contributed by atoms with E-state index in [1.807, 2.05) is 13.0 Å². The number of nitrogens with one attached hydrogen (secondary N) is 1. The van der Waals surface area contributed by atoms with Crippen molar-refractivity contribution in [2.24, 2.45) is 5.92 Å². The zero-order valence-corrected chi connectivity index (χ0v) is 9.16. The van der Waals surface area contributed by atoms with E-state index in [-0.39, 0.29) is 0 Å². The average molecular weight is 206 g/mol. The summed E-state index contributed by atoms with van der Waals surface area (Å²) < 4.78 is 0. The summed E-state index contributed by atoms with van der Waals surface area (Å²) in [4.78, 5) is 8.16. The van der Waals surface area contributed by atoms with Gasteiger partial charge in [-0.15, -0.1) is 0 Å². The molecule has 3 N–H and O–H groups in total. The molecule has 4 nitrogen and oxygen atoms in total. The lowest BCUT2D eigenvalue weighted by atomic mass is 9.83. The molecule has 1 aliphatic carbocycles. The van der Waals surface area contributed by atoms with Crippen molar-refractivity contribution in [3.8, 4) is 0 Å². The van der Waals surface area contributed by atoms with E-state index in [0.29, 0.717) is 5.95 Å². The van der Waals surface area contributed by atoms with Crippen molar-refractivity contribution in [3.05, 3.63) is 11.8 Å². The van der Waals surface area contributed by atoms with Crippen LogP contribution in [0.3, 0.4) is 0 Å². The molecule has 1 aromatic rings. The van der Waals surface area contributed by atoms with E-state index in [1.54, 1.807) is 0 Å². The summed E-state index contributed by atoms with van der Waals surface area (Å²) in [5.74, 6) is 2.12. The van der Waals surface area contributed by atoms with E-state index in [4.69, 9.17) is 5.73 Å². The van der Waals surface area contributed by atoms with Crippen molar-refractivity contribution in [2.75, 3.05) is 17.6 Å². The standard InChI is InChI=1S/C11H18N4/c1-8-7-10(15-11(12)14-8)13-6-5-9-3-2-4-9/h7,9H,2-6H2,1H3,(H3,12,13,14,15). The summed E-state index contributed by atoms with van der Waals surface area (Å²) in [5, 5.41) is 3.29. The Kier molecular flexibility index (Phi) is 3.04. The monoisotopic (exact) mass is 206 g/mol. The maximum Gasteiger partial charge on any atom is 0.222 e. The zero-order chi connectivity index (χ0) is 10.7. The Morgan fingerprint density at radius 3 is 2.87 bits per heavy atom. The number of hydrogen-bond acceptors (Lipinski definition) is 4. The molecule has 0 amide bonds. The van der Waals surface area contributed by atoms with Gasteiger partial charge in [0, 0.05) is 18.3 Å². The number of nitrogen functional groups attached to an aromatic ring is 1. The van der Waals surface area contributed by atoms with Crippen LogP contribution in [0.1, 0.15) is 31.4 Å². The molecular formula is C11H18N4. The molecule has 82 valence electrons. The number of rotatable bonds is 4. The van der Waals surface area contributed by atoms with Crippen LogP contribution in [-0.2, 0) is 0 Å². The van der Waals surface area contributed by atoms with Crippen LogP contribution in [0.4, 0.5) is 11.8 Å². The third kappa shape index (κ3) is 2.81. The first-order valence-corrected chi connectivity index (χ1v) is 5.59. The van der Waals surface area contributed by atoms with Crippen molar-refractivity contribution in [3.63, 3.8) is 0 Å². The van der Waals surface area contributed by atoms with Crippen molar-refractivity contribution < 1.29 is 0 Å². The molecule has 1 aromatic heterocycles. The number of aryl methyl sites for hydroxylation is 1. The van der Waals surface area contributed by atoms with Gasteiger partial charge in [0.2, 0.25) is 5.95 Å². The molecule has 0 bridgehead atoms. The van der Waals surface area contributed by atoms with Gasteiger partial charge in [0.25, 0.3) is 0 Å². The fourth-order valence-electron chi connectivity index (χ4n) is 1.87. The predicted molar refractivity (Wildman–Crippen MR) is 61.6 cm³/mol. The van der Waals surface area contributed by atoms with E-state index in [2.05, 4.69) is 15.3 Å². The quantitative estimate of drug-likeness (QED) is 0.790. The Morgan fingerprint density at radius 2 is 2.27 bits per heavy atom. The molecule has 1 saturated carbocycles. The van der Waals surface area contributed by atoms with Crippen LogP contribution < -0.4 is 11.1 Å². The molecule has 0 radical (unpaired) electrons. The lowest BCUT2D eigenvalue weighted by Gasteiger charge is -2.25. The van der Waals surface area contributed by atoms with Gasteiger partial charge < -0.3 is 11.1 Å². The molecule has 1 fully saturated rings. The van der Waals surface area contributed by atoms with Crippen LogP contribution in [-0.4, -0.2) is 16.5 Å². The summed E-state index contributed by atoms with van der Waals surface area (Å²) in [7, 11) is 0. The fourth-order valence-corrected chi connectivity index (χ4v) is 1.87. The normalized spacial score (nSPS) is 16.1. The highest BCUT2D eigenvalue weighted by Gasteiger charge is 2.16. The van der Waals surface area contributed by atoms with E-state index in [0.717, 1.165) is 24.0 Å². The Bertz CT molecular complexity index is 313. The summed E-state index contributed by atoms with van der Waals surface area (Å²) >= 11 is 0. The van der Waals surface area contributed by atoms with E-state index in [1.165, 1.54) is 25.7 Å². The van der Waals surface area contributed by atoms with Gasteiger partial charge in [-0.2, -0.15) is 4.98 Å². The van der Waals surface area contributed by atoms with Crippen molar-refractivity contribution in [1.29, 1.82) is 0 Å². The minimum Gasteiger partial charge on any atom is -0.370 e. The minimum absolute atomic E-state index is 0.348. The lowest BCUT2D eigenvalue weighted by molar-refractivity contribution is 0.303. The van der Waals surface area contributed by atoms with E-state index < -0.39 is 0 Å². The largest absolute Gasteiger partial charge is 0.370 e. The first-order chi connectivity index (χ1) is 7.24. The number of hydrogen-bond donors (Lipinski definition) is 2. The van der Waals surface area contributed by atoms with Crippen LogP contribution in [0.15, 0.2) is 6.07 Å². The van der Waals surface area contributed by atoms with Crippen molar-refractivity contribution in [1.82, 2.24) is 9.97 Å². The Balaban J connectivity index is 1.81. The Morgan fingerprint density at radius 1 is 1.47 bits per heavy atom. The molecule has 0 aromatic carbocycles. The summed E-state index contributed by atoms with van der Waals surface area (Å²) in [5.41, 5.74) is 6.48. The highest BCUT2D eigenvalue weighted by Crippen LogP contribution is 2.29. The molecule has 15 heavy (non-hydrogen) atoms. The molecular weight excluding hydrogens is 188 g/mol. The molecule has 1 aliphatic rings. The van der Waals surface area contributed by atoms with Crippen molar-refractivity contribution in [2.45, 2.75) is 32.6 Å². The lowest BCUT2D eigenvalue weighted by Crippen LogP contribution is -2.16. The maximum atomic E-state index is 5.57. The second kappa shape index (κ2) is 4.47. The SMILES string of the molecule is Cc1cc(NCCC2CCC2)nc(N)n1. The predicted octanol–water partition coefficient (Wildman–Crippen LogP) is 1.97. The average Bonchev–Trinajstić information content (AvgIpc) is 2.07. The third-order valence-electron chi connectivity index (χ3n) is 2.95. The van der Waals surface area contributed by atoms with Gasteiger partial charge in [0.1, 0.15) is 5.82 Å². The molecule has 4 heteroatoms. The van der Waals surface area contributed by atoms with Crippen LogP contribution in [0.25, 0.3) is 0 Å². The van der Waals surface area contributed by atoms with Crippen LogP contribution in [0.5, 0.6) is 0 Å². The van der Waals surface area contributed by atoms with Gasteiger partial charge in [0.05, 0.1) is 0 Å². The number of nitrogens with zero attached hydrogens (tertiary/aromatic N) is 2. The third-order valence-corrected chi connectivity index (χ3v) is 2.95. The maximum absolute atomic E-state index is 5.57. The van der Waals surface area contributed by atoms with Gasteiger partial charge in [0.15, 0.2) is 0 Å². The van der Waals surface area contributed by atoms with E-state index >= 15 is 0 Å². The van der Waals surface area contributed by atoms with Crippen LogP contribution in [0.2, 0.25) is 0 Å². The smallest absolute Gasteiger partial charge is 0.222 e. The van der Waals surface area contributed by atoms with Gasteiger partial charge >= 0.3 is 0 Å². The molecule has 0 atom stereocenters. The second-order valence-corrected chi connectivity index (χ2v) is 4.27. The zero-order valence-electron chi connectivity index (χ0n) is 9.16. The number of nitrogens with two attached hydrogens (primary N) is 1. The Labute approximate surface area is 90.3 Å². The van der Waals surface area contributed by atoms with E-state index in [9.17, 15) is 0 Å². The molecule has 0 aliphatic heterocycles. The van der Waals surface area contributed by atoms with Crippen molar-refractivity contribution >= 4 is 11.8 Å². The fraction of sp³-hybridized carbons (Fsp3) is 0.636. The summed E-state index contributed by atoms with van der Waals surface area (Å²) in [6, 6.07) is 1.93. The highest BCUT2D eigenvalue weighted by atomic mass is 15.1. The highest BCUT2D eigenvalue weighted by molar-refractivity contribution is 5.39. The van der Waals surface area contributed by atoms with Crippen LogP contribution >= 0.6 is 0 Å². The van der Waals surface area contributed by atoms with Gasteiger partial charge in [-0.25, -0.2) is 4.98 Å². The topological polar surface area (TPSA) is 63.8 Å². The Hall–Kier alpha value is -1.32. The first kappa shape index (κ1) is 10.2. The summed E-state index contributed by atoms with van der Waals surface area (Å²) in [6.07, 6.45) is 5.44. The van der Waals surface area contributed by atoms with Gasteiger partial charge in [-0.1, -0.05) is 19.3 Å².